The van der Waals surface area contributed by atoms with E-state index in [1.165, 1.54) is 18.2 Å². The molecular formula is C13H10Br2ClNO2S. The summed E-state index contributed by atoms with van der Waals surface area (Å²) in [5.41, 5.74) is 1.51. The van der Waals surface area contributed by atoms with Gasteiger partial charge in [-0.25, -0.2) is 8.42 Å². The molecular weight excluding hydrogens is 429 g/mol. The maximum absolute atomic E-state index is 12.3. The van der Waals surface area contributed by atoms with Crippen LogP contribution in [0.1, 0.15) is 5.56 Å². The molecule has 0 atom stereocenters. The van der Waals surface area contributed by atoms with E-state index < -0.39 is 10.0 Å². The summed E-state index contributed by atoms with van der Waals surface area (Å²) >= 11 is 12.4. The van der Waals surface area contributed by atoms with Gasteiger partial charge in [-0.2, -0.15) is 0 Å². The summed E-state index contributed by atoms with van der Waals surface area (Å²) in [5, 5.41) is 1.12. The molecule has 0 aliphatic rings. The highest BCUT2D eigenvalue weighted by Crippen LogP contribution is 2.26. The molecule has 0 aromatic heterocycles. The predicted octanol–water partition coefficient (Wildman–Crippen LogP) is 4.80. The number of alkyl halides is 1. The van der Waals surface area contributed by atoms with Crippen LogP contribution in [0.25, 0.3) is 0 Å². The van der Waals surface area contributed by atoms with E-state index in [0.29, 0.717) is 20.5 Å². The molecule has 0 unspecified atom stereocenters. The number of rotatable bonds is 4. The Labute approximate surface area is 139 Å². The molecule has 3 nitrogen and oxygen atoms in total. The second kappa shape index (κ2) is 6.47. The molecule has 0 aliphatic carbocycles. The van der Waals surface area contributed by atoms with E-state index in [2.05, 4.69) is 36.6 Å². The molecule has 0 aliphatic heterocycles. The van der Waals surface area contributed by atoms with Crippen molar-refractivity contribution in [1.82, 2.24) is 0 Å². The zero-order valence-electron chi connectivity index (χ0n) is 10.1. The Hall–Kier alpha value is -0.560. The zero-order chi connectivity index (χ0) is 14.8. The van der Waals surface area contributed by atoms with Crippen molar-refractivity contribution >= 4 is 59.2 Å². The lowest BCUT2D eigenvalue weighted by Gasteiger charge is -2.09. The summed E-state index contributed by atoms with van der Waals surface area (Å²) in [6.45, 7) is 0. The Morgan fingerprint density at radius 2 is 1.90 bits per heavy atom. The minimum atomic E-state index is -3.63. The first-order valence-electron chi connectivity index (χ1n) is 5.55. The molecule has 2 aromatic carbocycles. The normalized spacial score (nSPS) is 11.3. The molecule has 0 saturated heterocycles. The van der Waals surface area contributed by atoms with Crippen molar-refractivity contribution in [1.29, 1.82) is 0 Å². The maximum Gasteiger partial charge on any atom is 0.261 e. The summed E-state index contributed by atoms with van der Waals surface area (Å²) in [5.74, 6) is 0. The van der Waals surface area contributed by atoms with Crippen molar-refractivity contribution in [2.45, 2.75) is 10.2 Å². The second-order valence-electron chi connectivity index (χ2n) is 4.02. The van der Waals surface area contributed by atoms with Crippen LogP contribution in [0.15, 0.2) is 51.8 Å². The number of hydrogen-bond donors (Lipinski definition) is 1. The van der Waals surface area contributed by atoms with Crippen molar-refractivity contribution in [3.05, 3.63) is 57.5 Å². The van der Waals surface area contributed by atoms with Gasteiger partial charge in [-0.15, -0.1) is 0 Å². The number of nitrogens with one attached hydrogen (secondary N) is 1. The number of sulfonamides is 1. The molecule has 0 heterocycles. The van der Waals surface area contributed by atoms with Gasteiger partial charge in [0.25, 0.3) is 10.0 Å². The van der Waals surface area contributed by atoms with Crippen LogP contribution < -0.4 is 4.72 Å². The summed E-state index contributed by atoms with van der Waals surface area (Å²) in [4.78, 5) is 0.151. The van der Waals surface area contributed by atoms with E-state index in [-0.39, 0.29) is 4.90 Å². The maximum atomic E-state index is 12.3. The first-order valence-corrected chi connectivity index (χ1v) is 9.33. The van der Waals surface area contributed by atoms with Gasteiger partial charge in [-0.1, -0.05) is 39.7 Å². The van der Waals surface area contributed by atoms with Gasteiger partial charge in [0.05, 0.1) is 9.92 Å². The largest absolute Gasteiger partial charge is 0.280 e. The van der Waals surface area contributed by atoms with E-state index in [1.54, 1.807) is 18.2 Å². The molecule has 0 spiro atoms. The smallest absolute Gasteiger partial charge is 0.261 e. The summed E-state index contributed by atoms with van der Waals surface area (Å²) < 4.78 is 27.6. The minimum Gasteiger partial charge on any atom is -0.280 e. The van der Waals surface area contributed by atoms with E-state index in [4.69, 9.17) is 11.6 Å². The van der Waals surface area contributed by atoms with Crippen LogP contribution >= 0.6 is 43.5 Å². The van der Waals surface area contributed by atoms with Crippen molar-refractivity contribution < 1.29 is 8.42 Å². The lowest BCUT2D eigenvalue weighted by atomic mass is 10.2. The Kier molecular flexibility index (Phi) is 5.12. The molecule has 0 fully saturated rings. The van der Waals surface area contributed by atoms with Gasteiger partial charge in [0.2, 0.25) is 0 Å². The quantitative estimate of drug-likeness (QED) is 0.696. The summed E-state index contributed by atoms with van der Waals surface area (Å²) in [7, 11) is -3.63. The zero-order valence-corrected chi connectivity index (χ0v) is 14.9. The van der Waals surface area contributed by atoms with Crippen LogP contribution in [-0.4, -0.2) is 8.42 Å². The molecule has 2 rings (SSSR count). The van der Waals surface area contributed by atoms with Crippen LogP contribution in [0, 0.1) is 0 Å². The number of hydrogen-bond acceptors (Lipinski definition) is 2. The van der Waals surface area contributed by atoms with Gasteiger partial charge in [0.15, 0.2) is 0 Å². The van der Waals surface area contributed by atoms with Gasteiger partial charge < -0.3 is 0 Å². The van der Waals surface area contributed by atoms with Gasteiger partial charge in [-0.3, -0.25) is 4.72 Å². The van der Waals surface area contributed by atoms with Crippen molar-refractivity contribution in [2.24, 2.45) is 0 Å². The van der Waals surface area contributed by atoms with Crippen molar-refractivity contribution in [3.8, 4) is 0 Å². The lowest BCUT2D eigenvalue weighted by Crippen LogP contribution is -2.13. The fraction of sp³-hybridized carbons (Fsp3) is 0.0769. The highest BCUT2D eigenvalue weighted by Gasteiger charge is 2.15. The number of halogens is 3. The average molecular weight is 440 g/mol. The predicted molar refractivity (Wildman–Crippen MR) is 89.0 cm³/mol. The highest BCUT2D eigenvalue weighted by atomic mass is 79.9. The molecule has 0 saturated carbocycles. The molecule has 7 heteroatoms. The third-order valence-electron chi connectivity index (χ3n) is 2.53. The Balaban J connectivity index is 2.32. The fourth-order valence-electron chi connectivity index (χ4n) is 1.58. The van der Waals surface area contributed by atoms with Gasteiger partial charge in [0.1, 0.15) is 0 Å². The van der Waals surface area contributed by atoms with Crippen LogP contribution in [0.4, 0.5) is 5.69 Å². The van der Waals surface area contributed by atoms with Crippen LogP contribution in [0.5, 0.6) is 0 Å². The monoisotopic (exact) mass is 437 g/mol. The number of anilines is 1. The Bertz CT molecular complexity index is 735. The highest BCUT2D eigenvalue weighted by molar-refractivity contribution is 9.10. The van der Waals surface area contributed by atoms with Crippen LogP contribution in [0.3, 0.4) is 0 Å². The number of benzene rings is 2. The second-order valence-corrected chi connectivity index (χ2v) is 7.52. The first kappa shape index (κ1) is 15.8. The molecule has 0 bridgehead atoms. The molecule has 20 heavy (non-hydrogen) atoms. The molecule has 0 amide bonds. The van der Waals surface area contributed by atoms with E-state index in [9.17, 15) is 8.42 Å². The van der Waals surface area contributed by atoms with Crippen LogP contribution in [0.2, 0.25) is 5.02 Å². The molecule has 1 N–H and O–H groups in total. The van der Waals surface area contributed by atoms with E-state index in [1.807, 2.05) is 6.07 Å². The molecule has 0 radical (unpaired) electrons. The average Bonchev–Trinajstić information content (AvgIpc) is 2.41. The van der Waals surface area contributed by atoms with E-state index in [0.717, 1.165) is 5.56 Å². The third kappa shape index (κ3) is 3.75. The summed E-state index contributed by atoms with van der Waals surface area (Å²) in [6, 6.07) is 11.7. The third-order valence-corrected chi connectivity index (χ3v) is 5.78. The molecule has 106 valence electrons. The van der Waals surface area contributed by atoms with Crippen molar-refractivity contribution in [3.63, 3.8) is 0 Å². The van der Waals surface area contributed by atoms with Crippen molar-refractivity contribution in [2.75, 3.05) is 4.72 Å². The van der Waals surface area contributed by atoms with Gasteiger partial charge in [-0.05, 0) is 51.8 Å². The standard InChI is InChI=1S/C13H10Br2ClNO2S/c14-8-9-2-1-3-10(6-9)17-20(18,19)11-4-5-13(16)12(15)7-11/h1-7,17H,8H2. The van der Waals surface area contributed by atoms with Gasteiger partial charge >= 0.3 is 0 Å². The van der Waals surface area contributed by atoms with Crippen LogP contribution in [-0.2, 0) is 15.4 Å². The topological polar surface area (TPSA) is 46.2 Å². The lowest BCUT2D eigenvalue weighted by molar-refractivity contribution is 0.601. The fourth-order valence-corrected chi connectivity index (χ4v) is 3.65. The minimum absolute atomic E-state index is 0.151. The Morgan fingerprint density at radius 1 is 1.15 bits per heavy atom. The molecule has 2 aromatic rings. The Morgan fingerprint density at radius 3 is 2.55 bits per heavy atom. The SMILES string of the molecule is O=S(=O)(Nc1cccc(CBr)c1)c1ccc(Cl)c(Br)c1. The van der Waals surface area contributed by atoms with E-state index >= 15 is 0 Å². The van der Waals surface area contributed by atoms with Gasteiger partial charge in [0, 0.05) is 15.5 Å². The summed E-state index contributed by atoms with van der Waals surface area (Å²) in [6.07, 6.45) is 0. The first-order chi connectivity index (χ1) is 9.42.